The molecule has 8 heteroatoms. The molecule has 7 nitrogen and oxygen atoms in total. The fourth-order valence-electron chi connectivity index (χ4n) is 3.93. The van der Waals surface area contributed by atoms with Crippen LogP contribution in [0.2, 0.25) is 0 Å². The largest absolute Gasteiger partial charge is 0.463 e. The number of rotatable bonds is 6. The quantitative estimate of drug-likeness (QED) is 0.566. The molecule has 0 radical (unpaired) electrons. The van der Waals surface area contributed by atoms with E-state index in [1.807, 2.05) is 11.5 Å². The molecule has 0 amide bonds. The predicted octanol–water partition coefficient (Wildman–Crippen LogP) is 4.20. The summed E-state index contributed by atoms with van der Waals surface area (Å²) in [6.07, 6.45) is 0.0265. The summed E-state index contributed by atoms with van der Waals surface area (Å²) in [6.45, 7) is 10.2. The van der Waals surface area contributed by atoms with E-state index in [9.17, 15) is 4.79 Å². The van der Waals surface area contributed by atoms with E-state index in [1.165, 1.54) is 16.0 Å². The van der Waals surface area contributed by atoms with E-state index in [0.29, 0.717) is 11.7 Å². The number of aryl methyl sites for hydroxylation is 2. The van der Waals surface area contributed by atoms with Crippen LogP contribution in [-0.2, 0) is 9.53 Å². The fraction of sp³-hybridized carbons (Fsp3) is 0.417. The van der Waals surface area contributed by atoms with Gasteiger partial charge in [0.15, 0.2) is 5.82 Å². The third-order valence-electron chi connectivity index (χ3n) is 5.80. The number of aliphatic imine (C=N–C) groups is 1. The molecule has 0 saturated heterocycles. The molecule has 0 spiro atoms. The number of carbonyl (C=O) groups is 1. The van der Waals surface area contributed by atoms with E-state index in [4.69, 9.17) is 14.8 Å². The number of thiophene rings is 1. The van der Waals surface area contributed by atoms with Crippen LogP contribution in [-0.4, -0.2) is 44.8 Å². The molecule has 3 aromatic rings. The number of fused-ring (bicyclic) bond motifs is 3. The van der Waals surface area contributed by atoms with Crippen molar-refractivity contribution >= 4 is 23.0 Å². The molecular formula is C24H28N4O3S. The van der Waals surface area contributed by atoms with Crippen LogP contribution in [0.1, 0.15) is 71.0 Å². The number of aliphatic hydroxyl groups excluding tert-OH is 1. The lowest BCUT2D eigenvalue weighted by molar-refractivity contribution is -0.145. The smallest absolute Gasteiger partial charge is 0.308 e. The first kappa shape index (κ1) is 22.4. The Bertz CT molecular complexity index is 1170. The molecule has 0 bridgehead atoms. The maximum absolute atomic E-state index is 12.4. The van der Waals surface area contributed by atoms with Gasteiger partial charge in [-0.25, -0.2) is 0 Å². The Morgan fingerprint density at radius 1 is 1.19 bits per heavy atom. The van der Waals surface area contributed by atoms with E-state index in [0.717, 1.165) is 27.7 Å². The number of aliphatic hydroxyl groups is 1. The number of nitrogens with zero attached hydrogens (tertiary/aromatic N) is 4. The summed E-state index contributed by atoms with van der Waals surface area (Å²) >= 11 is 1.69. The van der Waals surface area contributed by atoms with Gasteiger partial charge in [-0.3, -0.25) is 14.4 Å². The first-order valence-corrected chi connectivity index (χ1v) is 11.6. The minimum atomic E-state index is -0.540. The second kappa shape index (κ2) is 8.96. The molecule has 1 aliphatic heterocycles. The lowest BCUT2D eigenvalue weighted by atomic mass is 9.96. The Kier molecular flexibility index (Phi) is 6.26. The monoisotopic (exact) mass is 452 g/mol. The van der Waals surface area contributed by atoms with Crippen LogP contribution in [0.15, 0.2) is 29.3 Å². The summed E-state index contributed by atoms with van der Waals surface area (Å²) in [5, 5.41) is 18.7. The topological polar surface area (TPSA) is 89.6 Å². The van der Waals surface area contributed by atoms with Gasteiger partial charge in [-0.05, 0) is 37.8 Å². The van der Waals surface area contributed by atoms with Gasteiger partial charge in [0.25, 0.3) is 0 Å². The molecule has 0 fully saturated rings. The molecule has 0 saturated carbocycles. The van der Waals surface area contributed by atoms with Crippen molar-refractivity contribution in [2.24, 2.45) is 4.99 Å². The van der Waals surface area contributed by atoms with E-state index in [2.05, 4.69) is 62.2 Å². The first-order valence-electron chi connectivity index (χ1n) is 10.8. The molecule has 32 heavy (non-hydrogen) atoms. The van der Waals surface area contributed by atoms with Gasteiger partial charge in [0.2, 0.25) is 0 Å². The van der Waals surface area contributed by atoms with Crippen LogP contribution < -0.4 is 0 Å². The lowest BCUT2D eigenvalue weighted by Crippen LogP contribution is -2.15. The zero-order valence-corrected chi connectivity index (χ0v) is 19.9. The summed E-state index contributed by atoms with van der Waals surface area (Å²) < 4.78 is 7.14. The number of aromatic nitrogens is 3. The van der Waals surface area contributed by atoms with Gasteiger partial charge in [-0.1, -0.05) is 38.1 Å². The van der Waals surface area contributed by atoms with E-state index in [1.54, 1.807) is 11.3 Å². The Morgan fingerprint density at radius 2 is 1.91 bits per heavy atom. The molecule has 1 aliphatic rings. The van der Waals surface area contributed by atoms with Crippen molar-refractivity contribution in [1.82, 2.24) is 14.8 Å². The van der Waals surface area contributed by atoms with Crippen LogP contribution in [0.4, 0.5) is 0 Å². The highest BCUT2D eigenvalue weighted by Gasteiger charge is 2.32. The van der Waals surface area contributed by atoms with Gasteiger partial charge in [0.1, 0.15) is 23.5 Å². The Morgan fingerprint density at radius 3 is 2.56 bits per heavy atom. The average Bonchev–Trinajstić information content (AvgIpc) is 3.24. The molecular weight excluding hydrogens is 424 g/mol. The summed E-state index contributed by atoms with van der Waals surface area (Å²) in [5.74, 6) is 1.39. The molecule has 1 aromatic carbocycles. The van der Waals surface area contributed by atoms with E-state index in [-0.39, 0.29) is 19.6 Å². The van der Waals surface area contributed by atoms with Crippen molar-refractivity contribution in [1.29, 1.82) is 0 Å². The number of esters is 1. The molecule has 4 rings (SSSR count). The molecule has 2 aromatic heterocycles. The van der Waals surface area contributed by atoms with Gasteiger partial charge in [0, 0.05) is 16.0 Å². The minimum absolute atomic E-state index is 0.0265. The number of carbonyl (C=O) groups excluding carboxylic acids is 1. The Balaban J connectivity index is 1.89. The summed E-state index contributed by atoms with van der Waals surface area (Å²) in [5.41, 5.74) is 5.33. The van der Waals surface area contributed by atoms with Crippen LogP contribution in [0.25, 0.3) is 5.00 Å². The van der Waals surface area contributed by atoms with Crippen LogP contribution >= 0.6 is 11.3 Å². The van der Waals surface area contributed by atoms with Gasteiger partial charge in [-0.15, -0.1) is 21.5 Å². The second-order valence-electron chi connectivity index (χ2n) is 8.32. The Labute approximate surface area is 191 Å². The van der Waals surface area contributed by atoms with Crippen LogP contribution in [0, 0.1) is 20.8 Å². The second-order valence-corrected chi connectivity index (χ2v) is 9.53. The van der Waals surface area contributed by atoms with Gasteiger partial charge in [-0.2, -0.15) is 0 Å². The molecule has 3 heterocycles. The number of hydrogen-bond donors (Lipinski definition) is 1. The Hall–Kier alpha value is -2.84. The molecule has 1 N–H and O–H groups in total. The number of hydrogen-bond acceptors (Lipinski definition) is 7. The normalized spacial score (nSPS) is 15.2. The zero-order valence-electron chi connectivity index (χ0n) is 19.0. The first-order chi connectivity index (χ1) is 15.3. The van der Waals surface area contributed by atoms with Crippen LogP contribution in [0.3, 0.4) is 0 Å². The summed E-state index contributed by atoms with van der Waals surface area (Å²) in [4.78, 5) is 18.7. The lowest BCUT2D eigenvalue weighted by Gasteiger charge is -2.13. The summed E-state index contributed by atoms with van der Waals surface area (Å²) in [6, 6.07) is 7.94. The predicted molar refractivity (Wildman–Crippen MR) is 125 cm³/mol. The fourth-order valence-corrected chi connectivity index (χ4v) is 5.14. The minimum Gasteiger partial charge on any atom is -0.463 e. The van der Waals surface area contributed by atoms with E-state index < -0.39 is 12.0 Å². The highest BCUT2D eigenvalue weighted by Crippen LogP contribution is 2.39. The van der Waals surface area contributed by atoms with Gasteiger partial charge < -0.3 is 9.84 Å². The average molecular weight is 453 g/mol. The van der Waals surface area contributed by atoms with Crippen molar-refractivity contribution in [3.63, 3.8) is 0 Å². The highest BCUT2D eigenvalue weighted by molar-refractivity contribution is 7.15. The van der Waals surface area contributed by atoms with Crippen molar-refractivity contribution < 1.29 is 14.6 Å². The summed E-state index contributed by atoms with van der Waals surface area (Å²) in [7, 11) is 0. The van der Waals surface area contributed by atoms with Crippen molar-refractivity contribution in [2.45, 2.75) is 53.0 Å². The molecule has 1 atom stereocenters. The number of benzene rings is 1. The third kappa shape index (κ3) is 4.00. The molecule has 168 valence electrons. The zero-order chi connectivity index (χ0) is 23.0. The van der Waals surface area contributed by atoms with Crippen LogP contribution in [0.5, 0.6) is 0 Å². The van der Waals surface area contributed by atoms with E-state index >= 15 is 0 Å². The SMILES string of the molecule is Cc1sc2c(c1C)C(c1ccc(C(C)C)cc1)=N[C@@H](CC(=O)OCCO)c1nnc(C)n1-2. The molecule has 0 unspecified atom stereocenters. The van der Waals surface area contributed by atoms with Gasteiger partial charge in [0.05, 0.1) is 18.7 Å². The number of ether oxygens (including phenoxy) is 1. The van der Waals surface area contributed by atoms with Crippen molar-refractivity contribution in [3.8, 4) is 5.00 Å². The maximum atomic E-state index is 12.4. The van der Waals surface area contributed by atoms with Crippen molar-refractivity contribution in [2.75, 3.05) is 13.2 Å². The van der Waals surface area contributed by atoms with Gasteiger partial charge >= 0.3 is 5.97 Å². The highest BCUT2D eigenvalue weighted by atomic mass is 32.1. The third-order valence-corrected chi connectivity index (χ3v) is 7.00. The standard InChI is InChI=1S/C24H28N4O3S/c1-13(2)17-6-8-18(9-7-17)22-21-14(3)15(4)32-24(21)28-16(5)26-27-23(28)19(25-22)12-20(30)31-11-10-29/h6-9,13,19,29H,10-12H2,1-5H3/t19-/m0/s1. The molecule has 0 aliphatic carbocycles. The van der Waals surface area contributed by atoms with Crippen molar-refractivity contribution in [3.05, 3.63) is 63.0 Å². The maximum Gasteiger partial charge on any atom is 0.308 e.